The van der Waals surface area contributed by atoms with Gasteiger partial charge in [-0.05, 0) is 23.1 Å². The smallest absolute Gasteiger partial charge is 0.167 e. The fourth-order valence-corrected chi connectivity index (χ4v) is 1.84. The predicted molar refractivity (Wildman–Crippen MR) is 72.8 cm³/mol. The molecule has 92 valence electrons. The number of rotatable bonds is 4. The van der Waals surface area contributed by atoms with Gasteiger partial charge in [-0.1, -0.05) is 44.2 Å². The highest BCUT2D eigenvalue weighted by Crippen LogP contribution is 2.15. The summed E-state index contributed by atoms with van der Waals surface area (Å²) < 4.78 is 0. The lowest BCUT2D eigenvalue weighted by atomic mass is 9.98. The minimum atomic E-state index is 0.137. The quantitative estimate of drug-likeness (QED) is 0.762. The molecule has 0 bridgehead atoms. The molecule has 0 saturated heterocycles. The lowest BCUT2D eigenvalue weighted by molar-refractivity contribution is 0.0993. The zero-order chi connectivity index (χ0) is 13.0. The number of pyridine rings is 1. The van der Waals surface area contributed by atoms with E-state index < -0.39 is 0 Å². The van der Waals surface area contributed by atoms with Gasteiger partial charge in [0.25, 0.3) is 0 Å². The number of carbonyl (C=O) groups excluding carboxylic acids is 1. The molecule has 1 aromatic carbocycles. The number of nitrogens with zero attached hydrogens (tertiary/aromatic N) is 1. The van der Waals surface area contributed by atoms with Crippen molar-refractivity contribution in [1.29, 1.82) is 0 Å². The average molecular weight is 239 g/mol. The molecule has 0 aliphatic carbocycles. The van der Waals surface area contributed by atoms with Gasteiger partial charge < -0.3 is 0 Å². The molecule has 2 rings (SSSR count). The summed E-state index contributed by atoms with van der Waals surface area (Å²) in [6, 6.07) is 11.7. The van der Waals surface area contributed by atoms with Crippen LogP contribution in [0, 0.1) is 0 Å². The molecule has 0 aliphatic heterocycles. The number of carbonyl (C=O) groups is 1. The Kier molecular flexibility index (Phi) is 3.88. The van der Waals surface area contributed by atoms with Crippen LogP contribution in [0.25, 0.3) is 0 Å². The van der Waals surface area contributed by atoms with E-state index in [-0.39, 0.29) is 5.78 Å². The molecule has 2 heteroatoms. The Morgan fingerprint density at radius 1 is 1.17 bits per heavy atom. The summed E-state index contributed by atoms with van der Waals surface area (Å²) in [4.78, 5) is 16.1. The second-order valence-electron chi connectivity index (χ2n) is 4.74. The highest BCUT2D eigenvalue weighted by molar-refractivity contribution is 5.97. The van der Waals surface area contributed by atoms with Gasteiger partial charge in [0.2, 0.25) is 0 Å². The van der Waals surface area contributed by atoms with E-state index in [1.807, 2.05) is 36.4 Å². The molecule has 1 heterocycles. The molecule has 0 fully saturated rings. The summed E-state index contributed by atoms with van der Waals surface area (Å²) in [5.41, 5.74) is 2.98. The minimum Gasteiger partial charge on any atom is -0.294 e. The molecular formula is C16H17NO. The van der Waals surface area contributed by atoms with E-state index in [1.165, 1.54) is 5.56 Å². The van der Waals surface area contributed by atoms with Crippen LogP contribution in [-0.4, -0.2) is 10.8 Å². The van der Waals surface area contributed by atoms with Crippen molar-refractivity contribution in [3.63, 3.8) is 0 Å². The predicted octanol–water partition coefficient (Wildman–Crippen LogP) is 3.63. The van der Waals surface area contributed by atoms with E-state index in [9.17, 15) is 4.79 Å². The molecule has 18 heavy (non-hydrogen) atoms. The second kappa shape index (κ2) is 5.58. The molecule has 0 aliphatic rings. The number of benzene rings is 1. The van der Waals surface area contributed by atoms with Gasteiger partial charge in [-0.3, -0.25) is 9.78 Å². The van der Waals surface area contributed by atoms with Crippen LogP contribution in [0.5, 0.6) is 0 Å². The van der Waals surface area contributed by atoms with Crippen LogP contribution < -0.4 is 0 Å². The third kappa shape index (κ3) is 3.04. The van der Waals surface area contributed by atoms with Crippen molar-refractivity contribution < 1.29 is 4.79 Å². The largest absolute Gasteiger partial charge is 0.294 e. The highest BCUT2D eigenvalue weighted by Gasteiger charge is 2.07. The van der Waals surface area contributed by atoms with E-state index in [1.54, 1.807) is 12.4 Å². The van der Waals surface area contributed by atoms with Crippen LogP contribution in [0.1, 0.15) is 41.3 Å². The summed E-state index contributed by atoms with van der Waals surface area (Å²) in [6.45, 7) is 4.29. The van der Waals surface area contributed by atoms with E-state index in [0.717, 1.165) is 11.1 Å². The molecule has 2 aromatic rings. The fraction of sp³-hybridized carbons (Fsp3) is 0.250. The van der Waals surface area contributed by atoms with Crippen molar-refractivity contribution in [3.8, 4) is 0 Å². The molecular weight excluding hydrogens is 222 g/mol. The topological polar surface area (TPSA) is 30.0 Å². The standard InChI is InChI=1S/C16H17NO/c1-12(2)14-5-7-15(8-6-14)16(18)10-13-4-3-9-17-11-13/h3-9,11-12H,10H2,1-2H3. The molecule has 0 saturated carbocycles. The van der Waals surface area contributed by atoms with Crippen LogP contribution in [0.2, 0.25) is 0 Å². The lowest BCUT2D eigenvalue weighted by Gasteiger charge is -2.06. The van der Waals surface area contributed by atoms with Crippen LogP contribution in [-0.2, 0) is 6.42 Å². The second-order valence-corrected chi connectivity index (χ2v) is 4.74. The molecule has 0 amide bonds. The maximum atomic E-state index is 12.1. The number of hydrogen-bond acceptors (Lipinski definition) is 2. The van der Waals surface area contributed by atoms with Crippen LogP contribution in [0.15, 0.2) is 48.8 Å². The zero-order valence-electron chi connectivity index (χ0n) is 10.8. The van der Waals surface area contributed by atoms with Gasteiger partial charge in [-0.2, -0.15) is 0 Å². The van der Waals surface area contributed by atoms with Gasteiger partial charge in [0.05, 0.1) is 0 Å². The van der Waals surface area contributed by atoms with E-state index in [4.69, 9.17) is 0 Å². The van der Waals surface area contributed by atoms with Crippen molar-refractivity contribution in [2.75, 3.05) is 0 Å². The van der Waals surface area contributed by atoms with Crippen molar-refractivity contribution in [3.05, 3.63) is 65.5 Å². The van der Waals surface area contributed by atoms with Crippen molar-refractivity contribution in [2.45, 2.75) is 26.2 Å². The fourth-order valence-electron chi connectivity index (χ4n) is 1.84. The summed E-state index contributed by atoms with van der Waals surface area (Å²) in [6.07, 6.45) is 3.86. The number of hydrogen-bond donors (Lipinski definition) is 0. The molecule has 0 atom stereocenters. The van der Waals surface area contributed by atoms with Gasteiger partial charge in [0.1, 0.15) is 0 Å². The first kappa shape index (κ1) is 12.5. The Balaban J connectivity index is 2.10. The Morgan fingerprint density at radius 2 is 1.89 bits per heavy atom. The van der Waals surface area contributed by atoms with Gasteiger partial charge in [0.15, 0.2) is 5.78 Å². The normalized spacial score (nSPS) is 10.6. The van der Waals surface area contributed by atoms with E-state index in [0.29, 0.717) is 12.3 Å². The average Bonchev–Trinajstić information content (AvgIpc) is 2.40. The summed E-state index contributed by atoms with van der Waals surface area (Å²) >= 11 is 0. The van der Waals surface area contributed by atoms with E-state index in [2.05, 4.69) is 18.8 Å². The number of aromatic nitrogens is 1. The monoisotopic (exact) mass is 239 g/mol. The van der Waals surface area contributed by atoms with Crippen molar-refractivity contribution >= 4 is 5.78 Å². The van der Waals surface area contributed by atoms with Gasteiger partial charge >= 0.3 is 0 Å². The van der Waals surface area contributed by atoms with Crippen LogP contribution in [0.3, 0.4) is 0 Å². The molecule has 0 N–H and O–H groups in total. The molecule has 2 nitrogen and oxygen atoms in total. The Labute approximate surface area is 108 Å². The molecule has 1 aromatic heterocycles. The van der Waals surface area contributed by atoms with Crippen molar-refractivity contribution in [2.24, 2.45) is 0 Å². The first-order valence-corrected chi connectivity index (χ1v) is 6.19. The van der Waals surface area contributed by atoms with Crippen LogP contribution >= 0.6 is 0 Å². The highest BCUT2D eigenvalue weighted by atomic mass is 16.1. The first-order chi connectivity index (χ1) is 8.66. The van der Waals surface area contributed by atoms with Crippen molar-refractivity contribution in [1.82, 2.24) is 4.98 Å². The Hall–Kier alpha value is -1.96. The van der Waals surface area contributed by atoms with Crippen LogP contribution in [0.4, 0.5) is 0 Å². The summed E-state index contributed by atoms with van der Waals surface area (Å²) in [5, 5.41) is 0. The first-order valence-electron chi connectivity index (χ1n) is 6.19. The summed E-state index contributed by atoms with van der Waals surface area (Å²) in [5.74, 6) is 0.630. The van der Waals surface area contributed by atoms with E-state index >= 15 is 0 Å². The molecule has 0 unspecified atom stereocenters. The van der Waals surface area contributed by atoms with Gasteiger partial charge in [-0.15, -0.1) is 0 Å². The maximum Gasteiger partial charge on any atom is 0.167 e. The number of ketones is 1. The molecule has 0 spiro atoms. The molecule has 0 radical (unpaired) electrons. The minimum absolute atomic E-state index is 0.137. The van der Waals surface area contributed by atoms with Gasteiger partial charge in [0, 0.05) is 24.4 Å². The lowest BCUT2D eigenvalue weighted by Crippen LogP contribution is -2.04. The maximum absolute atomic E-state index is 12.1. The number of Topliss-reactive ketones (excluding diaryl/α,β-unsaturated/α-hetero) is 1. The van der Waals surface area contributed by atoms with Gasteiger partial charge in [-0.25, -0.2) is 0 Å². The Bertz CT molecular complexity index is 515. The summed E-state index contributed by atoms with van der Waals surface area (Å²) in [7, 11) is 0. The Morgan fingerprint density at radius 3 is 2.44 bits per heavy atom. The SMILES string of the molecule is CC(C)c1ccc(C(=O)Cc2cccnc2)cc1. The third-order valence-corrected chi connectivity index (χ3v) is 2.99. The third-order valence-electron chi connectivity index (χ3n) is 2.99. The zero-order valence-corrected chi connectivity index (χ0v) is 10.8.